The van der Waals surface area contributed by atoms with Crippen LogP contribution in [0.25, 0.3) is 22.3 Å². The first-order valence-electron chi connectivity index (χ1n) is 7.76. The molecule has 130 valence electrons. The van der Waals surface area contributed by atoms with E-state index in [2.05, 4.69) is 20.5 Å². The number of carbonyl (C=O) groups is 1. The highest BCUT2D eigenvalue weighted by Crippen LogP contribution is 2.29. The number of aryl methyl sites for hydroxylation is 1. The highest BCUT2D eigenvalue weighted by Gasteiger charge is 2.16. The molecular formula is C18H13Cl2N5O. The van der Waals surface area contributed by atoms with Gasteiger partial charge in [-0.1, -0.05) is 35.3 Å². The minimum absolute atomic E-state index is 0.304. The Morgan fingerprint density at radius 1 is 1.15 bits per heavy atom. The average molecular weight is 386 g/mol. The first-order chi connectivity index (χ1) is 12.5. The van der Waals surface area contributed by atoms with Crippen LogP contribution in [0.1, 0.15) is 10.5 Å². The van der Waals surface area contributed by atoms with Crippen LogP contribution in [0.3, 0.4) is 0 Å². The number of amides is 1. The van der Waals surface area contributed by atoms with Crippen molar-refractivity contribution >= 4 is 46.1 Å². The summed E-state index contributed by atoms with van der Waals surface area (Å²) in [5.74, 6) is 0.115. The molecule has 1 amide bonds. The highest BCUT2D eigenvalue weighted by molar-refractivity contribution is 6.36. The number of benzene rings is 2. The molecule has 26 heavy (non-hydrogen) atoms. The second-order valence-electron chi connectivity index (χ2n) is 5.73. The Balaban J connectivity index is 1.61. The Kier molecular flexibility index (Phi) is 4.14. The molecule has 6 nitrogen and oxygen atoms in total. The molecule has 0 fully saturated rings. The number of aromatic amines is 1. The SMILES string of the molecule is Cn1c(NC(=O)c2cc(-c3ccc(Cl)cc3Cl)n[nH]2)nc2ccccc21. The predicted octanol–water partition coefficient (Wildman–Crippen LogP) is 4.52. The van der Waals surface area contributed by atoms with Crippen molar-refractivity contribution < 1.29 is 4.79 Å². The number of halogens is 2. The zero-order valence-corrected chi connectivity index (χ0v) is 15.1. The molecular weight excluding hydrogens is 373 g/mol. The Morgan fingerprint density at radius 3 is 2.73 bits per heavy atom. The van der Waals surface area contributed by atoms with Crippen LogP contribution in [-0.2, 0) is 7.05 Å². The van der Waals surface area contributed by atoms with Crippen LogP contribution in [-0.4, -0.2) is 25.7 Å². The van der Waals surface area contributed by atoms with E-state index in [4.69, 9.17) is 23.2 Å². The van der Waals surface area contributed by atoms with Crippen molar-refractivity contribution in [1.29, 1.82) is 0 Å². The quantitative estimate of drug-likeness (QED) is 0.544. The highest BCUT2D eigenvalue weighted by atomic mass is 35.5. The van der Waals surface area contributed by atoms with Crippen LogP contribution >= 0.6 is 23.2 Å². The summed E-state index contributed by atoms with van der Waals surface area (Å²) in [5, 5.41) is 10.7. The number of hydrogen-bond acceptors (Lipinski definition) is 3. The molecule has 0 saturated carbocycles. The lowest BCUT2D eigenvalue weighted by molar-refractivity contribution is 0.102. The van der Waals surface area contributed by atoms with Gasteiger partial charge in [-0.15, -0.1) is 0 Å². The van der Waals surface area contributed by atoms with Crippen molar-refractivity contribution in [3.8, 4) is 11.3 Å². The van der Waals surface area contributed by atoms with Crippen LogP contribution in [0, 0.1) is 0 Å². The Labute approximate surface area is 158 Å². The molecule has 0 aliphatic heterocycles. The minimum atomic E-state index is -0.341. The summed E-state index contributed by atoms with van der Waals surface area (Å²) in [6.45, 7) is 0. The average Bonchev–Trinajstić information content (AvgIpc) is 3.21. The Bertz CT molecular complexity index is 1130. The van der Waals surface area contributed by atoms with Gasteiger partial charge in [-0.05, 0) is 36.4 Å². The first kappa shape index (κ1) is 16.6. The lowest BCUT2D eigenvalue weighted by Crippen LogP contribution is -2.15. The van der Waals surface area contributed by atoms with E-state index < -0.39 is 0 Å². The number of para-hydroxylation sites is 2. The third-order valence-electron chi connectivity index (χ3n) is 4.04. The summed E-state index contributed by atoms with van der Waals surface area (Å²) in [7, 11) is 1.84. The Morgan fingerprint density at radius 2 is 1.96 bits per heavy atom. The molecule has 0 atom stereocenters. The third-order valence-corrected chi connectivity index (χ3v) is 4.59. The van der Waals surface area contributed by atoms with Crippen LogP contribution in [0.5, 0.6) is 0 Å². The van der Waals surface area contributed by atoms with Gasteiger partial charge in [-0.25, -0.2) is 4.98 Å². The van der Waals surface area contributed by atoms with E-state index in [9.17, 15) is 4.79 Å². The molecule has 4 aromatic rings. The number of rotatable bonds is 3. The van der Waals surface area contributed by atoms with Crippen LogP contribution in [0.4, 0.5) is 5.95 Å². The number of imidazole rings is 1. The van der Waals surface area contributed by atoms with Crippen LogP contribution < -0.4 is 5.32 Å². The Hall–Kier alpha value is -2.83. The van der Waals surface area contributed by atoms with Gasteiger partial charge in [0.25, 0.3) is 5.91 Å². The summed E-state index contributed by atoms with van der Waals surface area (Å²) in [5.41, 5.74) is 3.29. The van der Waals surface area contributed by atoms with Crippen LogP contribution in [0.15, 0.2) is 48.5 Å². The van der Waals surface area contributed by atoms with E-state index in [1.54, 1.807) is 24.3 Å². The maximum absolute atomic E-state index is 12.5. The number of aromatic nitrogens is 4. The molecule has 0 unspecified atom stereocenters. The second-order valence-corrected chi connectivity index (χ2v) is 6.57. The van der Waals surface area contributed by atoms with Gasteiger partial charge in [0.05, 0.1) is 21.7 Å². The van der Waals surface area contributed by atoms with E-state index in [1.165, 1.54) is 0 Å². The summed E-state index contributed by atoms with van der Waals surface area (Å²) in [6, 6.07) is 14.4. The maximum Gasteiger partial charge on any atom is 0.275 e. The molecule has 2 N–H and O–H groups in total. The van der Waals surface area contributed by atoms with E-state index in [0.29, 0.717) is 32.9 Å². The second kappa shape index (κ2) is 6.48. The van der Waals surface area contributed by atoms with E-state index in [0.717, 1.165) is 11.0 Å². The summed E-state index contributed by atoms with van der Waals surface area (Å²) < 4.78 is 1.82. The number of hydrogen-bond donors (Lipinski definition) is 2. The largest absolute Gasteiger partial charge is 0.313 e. The minimum Gasteiger partial charge on any atom is -0.313 e. The third kappa shape index (κ3) is 2.94. The van der Waals surface area contributed by atoms with Gasteiger partial charge in [0, 0.05) is 17.6 Å². The van der Waals surface area contributed by atoms with Gasteiger partial charge in [0.15, 0.2) is 0 Å². The lowest BCUT2D eigenvalue weighted by Gasteiger charge is -2.03. The topological polar surface area (TPSA) is 75.6 Å². The van der Waals surface area contributed by atoms with Gasteiger partial charge in [0.1, 0.15) is 5.69 Å². The summed E-state index contributed by atoms with van der Waals surface area (Å²) in [6.07, 6.45) is 0. The zero-order chi connectivity index (χ0) is 18.3. The van der Waals surface area contributed by atoms with Gasteiger partial charge < -0.3 is 4.57 Å². The van der Waals surface area contributed by atoms with E-state index in [1.807, 2.05) is 35.9 Å². The van der Waals surface area contributed by atoms with Crippen molar-refractivity contribution in [2.75, 3.05) is 5.32 Å². The van der Waals surface area contributed by atoms with Gasteiger partial charge >= 0.3 is 0 Å². The van der Waals surface area contributed by atoms with Gasteiger partial charge in [0.2, 0.25) is 5.95 Å². The number of fused-ring (bicyclic) bond motifs is 1. The fourth-order valence-corrected chi connectivity index (χ4v) is 3.20. The molecule has 2 aromatic heterocycles. The number of H-pyrrole nitrogens is 1. The molecule has 8 heteroatoms. The van der Waals surface area contributed by atoms with Crippen molar-refractivity contribution in [2.24, 2.45) is 7.05 Å². The smallest absolute Gasteiger partial charge is 0.275 e. The molecule has 0 spiro atoms. The fourth-order valence-electron chi connectivity index (χ4n) is 2.70. The molecule has 0 bridgehead atoms. The predicted molar refractivity (Wildman–Crippen MR) is 103 cm³/mol. The van der Waals surface area contributed by atoms with Crippen molar-refractivity contribution in [3.63, 3.8) is 0 Å². The number of nitrogens with one attached hydrogen (secondary N) is 2. The molecule has 4 rings (SSSR count). The van der Waals surface area contributed by atoms with Crippen molar-refractivity contribution in [2.45, 2.75) is 0 Å². The normalized spacial score (nSPS) is 11.0. The zero-order valence-electron chi connectivity index (χ0n) is 13.6. The molecule has 0 aliphatic rings. The monoisotopic (exact) mass is 385 g/mol. The van der Waals surface area contributed by atoms with Gasteiger partial charge in [-0.2, -0.15) is 5.10 Å². The molecule has 0 radical (unpaired) electrons. The van der Waals surface area contributed by atoms with Gasteiger partial charge in [-0.3, -0.25) is 15.2 Å². The van der Waals surface area contributed by atoms with Crippen molar-refractivity contribution in [3.05, 3.63) is 64.3 Å². The van der Waals surface area contributed by atoms with E-state index in [-0.39, 0.29) is 5.91 Å². The summed E-state index contributed by atoms with van der Waals surface area (Å²) in [4.78, 5) is 17.0. The fraction of sp³-hybridized carbons (Fsp3) is 0.0556. The summed E-state index contributed by atoms with van der Waals surface area (Å²) >= 11 is 12.1. The van der Waals surface area contributed by atoms with Crippen molar-refractivity contribution in [1.82, 2.24) is 19.7 Å². The number of nitrogens with zero attached hydrogens (tertiary/aromatic N) is 3. The van der Waals surface area contributed by atoms with Crippen LogP contribution in [0.2, 0.25) is 10.0 Å². The number of carbonyl (C=O) groups excluding carboxylic acids is 1. The maximum atomic E-state index is 12.5. The molecule has 0 aliphatic carbocycles. The molecule has 2 heterocycles. The first-order valence-corrected chi connectivity index (χ1v) is 8.52. The van der Waals surface area contributed by atoms with E-state index >= 15 is 0 Å². The number of anilines is 1. The molecule has 2 aromatic carbocycles. The lowest BCUT2D eigenvalue weighted by atomic mass is 10.1. The standard InChI is InChI=1S/C18H13Cl2N5O/c1-25-16-5-3-2-4-13(16)21-18(25)22-17(26)15-9-14(23-24-15)11-7-6-10(19)8-12(11)20/h2-9H,1H3,(H,23,24)(H,21,22,26). The molecule has 0 saturated heterocycles.